The lowest BCUT2D eigenvalue weighted by Gasteiger charge is -2.42. The summed E-state index contributed by atoms with van der Waals surface area (Å²) >= 11 is 0. The maximum Gasteiger partial charge on any atom is 0.160 e. The highest BCUT2D eigenvalue weighted by molar-refractivity contribution is 5.41. The fourth-order valence-electron chi connectivity index (χ4n) is 3.94. The molecule has 6 heteroatoms. The molecule has 0 saturated carbocycles. The van der Waals surface area contributed by atoms with E-state index >= 15 is 0 Å². The molecule has 1 atom stereocenters. The Kier molecular flexibility index (Phi) is 5.97. The van der Waals surface area contributed by atoms with E-state index < -0.39 is 17.0 Å². The predicted molar refractivity (Wildman–Crippen MR) is 98.8 cm³/mol. The first-order valence-corrected chi connectivity index (χ1v) is 9.08. The number of likely N-dealkylation sites (tertiary alicyclic amines) is 1. The molecule has 2 aromatic rings. The molecule has 27 heavy (non-hydrogen) atoms. The zero-order chi connectivity index (χ0) is 19.4. The van der Waals surface area contributed by atoms with Gasteiger partial charge in [-0.2, -0.15) is 0 Å². The highest BCUT2D eigenvalue weighted by Crippen LogP contribution is 2.35. The Morgan fingerprint density at radius 2 is 2.00 bits per heavy atom. The first kappa shape index (κ1) is 19.6. The summed E-state index contributed by atoms with van der Waals surface area (Å²) < 4.78 is 32.3. The number of aliphatic hydroxyl groups is 1. The molecule has 4 nitrogen and oxygen atoms in total. The first-order chi connectivity index (χ1) is 12.9. The molecule has 0 bridgehead atoms. The van der Waals surface area contributed by atoms with Gasteiger partial charge in [0.2, 0.25) is 0 Å². The van der Waals surface area contributed by atoms with E-state index in [1.807, 2.05) is 6.07 Å². The summed E-state index contributed by atoms with van der Waals surface area (Å²) in [7, 11) is 1.50. The zero-order valence-electron chi connectivity index (χ0n) is 15.4. The van der Waals surface area contributed by atoms with Gasteiger partial charge in [-0.15, -0.1) is 0 Å². The van der Waals surface area contributed by atoms with Crippen molar-refractivity contribution in [3.63, 3.8) is 0 Å². The highest BCUT2D eigenvalue weighted by atomic mass is 19.1. The molecule has 2 aromatic carbocycles. The van der Waals surface area contributed by atoms with Crippen LogP contribution in [0.15, 0.2) is 36.4 Å². The van der Waals surface area contributed by atoms with Crippen LogP contribution in [0.4, 0.5) is 8.78 Å². The Labute approximate surface area is 158 Å². The molecule has 0 radical (unpaired) electrons. The van der Waals surface area contributed by atoms with Crippen LogP contribution in [-0.4, -0.2) is 41.9 Å². The molecule has 1 saturated heterocycles. The monoisotopic (exact) mass is 377 g/mol. The molecule has 0 aromatic heterocycles. The van der Waals surface area contributed by atoms with Crippen molar-refractivity contribution in [1.29, 1.82) is 0 Å². The zero-order valence-corrected chi connectivity index (χ0v) is 15.4. The van der Waals surface area contributed by atoms with Crippen LogP contribution in [0.5, 0.6) is 11.5 Å². The Morgan fingerprint density at radius 3 is 2.67 bits per heavy atom. The minimum absolute atomic E-state index is 0.0613. The molecular formula is C21H25F2NO3. The van der Waals surface area contributed by atoms with Crippen LogP contribution in [0.2, 0.25) is 0 Å². The van der Waals surface area contributed by atoms with Crippen LogP contribution in [0.1, 0.15) is 24.0 Å². The number of rotatable bonds is 6. The molecule has 1 fully saturated rings. The van der Waals surface area contributed by atoms with Crippen molar-refractivity contribution in [2.24, 2.45) is 5.41 Å². The van der Waals surface area contributed by atoms with Gasteiger partial charge in [0, 0.05) is 24.6 Å². The summed E-state index contributed by atoms with van der Waals surface area (Å²) in [6, 6.07) is 8.90. The Hall–Kier alpha value is -2.18. The number of phenolic OH excluding ortho intramolecular Hbond substituents is 1. The van der Waals surface area contributed by atoms with Gasteiger partial charge in [-0.05, 0) is 55.1 Å². The number of ether oxygens (including phenoxy) is 1. The van der Waals surface area contributed by atoms with Crippen molar-refractivity contribution in [1.82, 2.24) is 4.90 Å². The topological polar surface area (TPSA) is 52.9 Å². The molecule has 1 heterocycles. The van der Waals surface area contributed by atoms with Gasteiger partial charge >= 0.3 is 0 Å². The second-order valence-electron chi connectivity index (χ2n) is 7.39. The summed E-state index contributed by atoms with van der Waals surface area (Å²) in [5.41, 5.74) is 0.898. The number of halogens is 2. The summed E-state index contributed by atoms with van der Waals surface area (Å²) in [6.07, 6.45) is 2.02. The SMILES string of the molecule is COc1ccc(CN2CCC[C@@](CO)(Cc3ccc(F)cc3F)C2)cc1O. The fourth-order valence-corrected chi connectivity index (χ4v) is 3.94. The van der Waals surface area contributed by atoms with Gasteiger partial charge in [-0.3, -0.25) is 4.90 Å². The van der Waals surface area contributed by atoms with Crippen LogP contribution in [0, 0.1) is 17.0 Å². The van der Waals surface area contributed by atoms with Gasteiger partial charge in [0.15, 0.2) is 11.5 Å². The standard InChI is InChI=1S/C21H25F2NO3/c1-27-20-6-3-15(9-19(20)26)12-24-8-2-7-21(13-24,14-25)11-16-4-5-17(22)10-18(16)23/h3-6,9-10,25-26H,2,7-8,11-14H2,1H3/t21-/m1/s1. The van der Waals surface area contributed by atoms with Crippen LogP contribution < -0.4 is 4.74 Å². The van der Waals surface area contributed by atoms with Gasteiger partial charge in [-0.1, -0.05) is 12.1 Å². The number of hydrogen-bond donors (Lipinski definition) is 2. The molecular weight excluding hydrogens is 352 g/mol. The number of nitrogens with zero attached hydrogens (tertiary/aromatic N) is 1. The van der Waals surface area contributed by atoms with Crippen molar-refractivity contribution < 1.29 is 23.7 Å². The number of benzene rings is 2. The fraction of sp³-hybridized carbons (Fsp3) is 0.429. The maximum atomic E-state index is 14.1. The number of aromatic hydroxyl groups is 1. The summed E-state index contributed by atoms with van der Waals surface area (Å²) in [6.45, 7) is 2.02. The van der Waals surface area contributed by atoms with Crippen LogP contribution >= 0.6 is 0 Å². The molecule has 0 aliphatic carbocycles. The second kappa shape index (κ2) is 8.23. The van der Waals surface area contributed by atoms with Gasteiger partial charge < -0.3 is 14.9 Å². The maximum absolute atomic E-state index is 14.1. The molecule has 1 aliphatic heterocycles. The van der Waals surface area contributed by atoms with Crippen molar-refractivity contribution in [3.05, 3.63) is 59.2 Å². The Morgan fingerprint density at radius 1 is 1.19 bits per heavy atom. The third-order valence-corrected chi connectivity index (χ3v) is 5.31. The average molecular weight is 377 g/mol. The van der Waals surface area contributed by atoms with E-state index in [1.54, 1.807) is 12.1 Å². The van der Waals surface area contributed by atoms with E-state index in [0.29, 0.717) is 30.8 Å². The minimum atomic E-state index is -0.598. The van der Waals surface area contributed by atoms with E-state index in [0.717, 1.165) is 31.0 Å². The van der Waals surface area contributed by atoms with E-state index in [2.05, 4.69) is 4.90 Å². The molecule has 3 rings (SSSR count). The number of methoxy groups -OCH3 is 1. The lowest BCUT2D eigenvalue weighted by molar-refractivity contribution is 0.0282. The van der Waals surface area contributed by atoms with Crippen molar-refractivity contribution in [2.75, 3.05) is 26.8 Å². The van der Waals surface area contributed by atoms with Crippen molar-refractivity contribution in [2.45, 2.75) is 25.8 Å². The second-order valence-corrected chi connectivity index (χ2v) is 7.39. The quantitative estimate of drug-likeness (QED) is 0.809. The Balaban J connectivity index is 1.73. The number of phenols is 1. The van der Waals surface area contributed by atoms with E-state index in [-0.39, 0.29) is 12.4 Å². The van der Waals surface area contributed by atoms with Crippen molar-refractivity contribution in [3.8, 4) is 11.5 Å². The Bertz CT molecular complexity index is 799. The molecule has 146 valence electrons. The average Bonchev–Trinajstić information content (AvgIpc) is 2.65. The van der Waals surface area contributed by atoms with Gasteiger partial charge in [0.05, 0.1) is 13.7 Å². The molecule has 0 spiro atoms. The van der Waals surface area contributed by atoms with Gasteiger partial charge in [0.25, 0.3) is 0 Å². The van der Waals surface area contributed by atoms with E-state index in [4.69, 9.17) is 4.74 Å². The molecule has 0 amide bonds. The number of hydrogen-bond acceptors (Lipinski definition) is 4. The third kappa shape index (κ3) is 4.57. The number of piperidine rings is 1. The van der Waals surface area contributed by atoms with Gasteiger partial charge in [0.1, 0.15) is 11.6 Å². The summed E-state index contributed by atoms with van der Waals surface area (Å²) in [5.74, 6) is -0.651. The van der Waals surface area contributed by atoms with Crippen molar-refractivity contribution >= 4 is 0 Å². The van der Waals surface area contributed by atoms with E-state index in [1.165, 1.54) is 19.2 Å². The van der Waals surface area contributed by atoms with Crippen LogP contribution in [0.3, 0.4) is 0 Å². The normalized spacial score (nSPS) is 20.6. The predicted octanol–water partition coefficient (Wildman–Crippen LogP) is 3.50. The highest BCUT2D eigenvalue weighted by Gasteiger charge is 2.35. The summed E-state index contributed by atoms with van der Waals surface area (Å²) in [5, 5.41) is 20.0. The molecule has 0 unspecified atom stereocenters. The third-order valence-electron chi connectivity index (χ3n) is 5.31. The molecule has 1 aliphatic rings. The van der Waals surface area contributed by atoms with Gasteiger partial charge in [-0.25, -0.2) is 8.78 Å². The first-order valence-electron chi connectivity index (χ1n) is 9.08. The molecule has 2 N–H and O–H groups in total. The largest absolute Gasteiger partial charge is 0.504 e. The lowest BCUT2D eigenvalue weighted by atomic mass is 9.75. The summed E-state index contributed by atoms with van der Waals surface area (Å²) in [4.78, 5) is 2.20. The minimum Gasteiger partial charge on any atom is -0.504 e. The lowest BCUT2D eigenvalue weighted by Crippen LogP contribution is -2.46. The smallest absolute Gasteiger partial charge is 0.160 e. The van der Waals surface area contributed by atoms with Crippen LogP contribution in [-0.2, 0) is 13.0 Å². The van der Waals surface area contributed by atoms with E-state index in [9.17, 15) is 19.0 Å². The van der Waals surface area contributed by atoms with Crippen LogP contribution in [0.25, 0.3) is 0 Å². The number of aliphatic hydroxyl groups excluding tert-OH is 1.